The molecule has 1 aromatic carbocycles. The number of alkyl halides is 3. The number of carbonyl (C=O) groups is 1. The van der Waals surface area contributed by atoms with E-state index in [1.165, 1.54) is 0 Å². The third-order valence-electron chi connectivity index (χ3n) is 2.27. The van der Waals surface area contributed by atoms with Crippen LogP contribution in [-0.4, -0.2) is 21.4 Å². The lowest BCUT2D eigenvalue weighted by Crippen LogP contribution is -2.58. The van der Waals surface area contributed by atoms with Crippen LogP contribution in [0.2, 0.25) is 5.02 Å². The van der Waals surface area contributed by atoms with E-state index >= 15 is 0 Å². The number of benzene rings is 1. The van der Waals surface area contributed by atoms with Gasteiger partial charge in [-0.15, -0.1) is 0 Å². The largest absolute Gasteiger partial charge is 0.333 e. The monoisotopic (exact) mass is 356 g/mol. The summed E-state index contributed by atoms with van der Waals surface area (Å²) in [7, 11) is 0. The van der Waals surface area contributed by atoms with E-state index in [1.807, 2.05) is 20.8 Å². The summed E-state index contributed by atoms with van der Waals surface area (Å²) >= 11 is 23.5. The second kappa shape index (κ2) is 6.71. The van der Waals surface area contributed by atoms with Crippen molar-refractivity contribution < 1.29 is 4.79 Å². The van der Waals surface area contributed by atoms with Gasteiger partial charge in [-0.05, 0) is 39.0 Å². The second-order valence-electron chi connectivity index (χ2n) is 5.35. The third-order valence-corrected chi connectivity index (χ3v) is 3.16. The van der Waals surface area contributed by atoms with Gasteiger partial charge in [-0.2, -0.15) is 0 Å². The Kier molecular flexibility index (Phi) is 6.00. The quantitative estimate of drug-likeness (QED) is 0.630. The molecule has 1 unspecified atom stereocenters. The Labute approximate surface area is 138 Å². The smallest absolute Gasteiger partial charge is 0.252 e. The number of carbonyl (C=O) groups excluding carboxylic acids is 1. The molecule has 2 N–H and O–H groups in total. The van der Waals surface area contributed by atoms with Crippen LogP contribution < -0.4 is 10.6 Å². The average molecular weight is 358 g/mol. The maximum absolute atomic E-state index is 12.2. The zero-order valence-corrected chi connectivity index (χ0v) is 14.3. The lowest BCUT2D eigenvalue weighted by atomic mass is 10.1. The summed E-state index contributed by atoms with van der Waals surface area (Å²) in [5, 5.41) is 6.17. The Morgan fingerprint density at radius 3 is 2.25 bits per heavy atom. The topological polar surface area (TPSA) is 41.1 Å². The Bertz CT molecular complexity index is 480. The fourth-order valence-corrected chi connectivity index (χ4v) is 1.99. The van der Waals surface area contributed by atoms with Crippen LogP contribution >= 0.6 is 46.4 Å². The van der Waals surface area contributed by atoms with Crippen LogP contribution in [0.5, 0.6) is 0 Å². The van der Waals surface area contributed by atoms with Crippen molar-refractivity contribution in [3.05, 3.63) is 34.9 Å². The average Bonchev–Trinajstić information content (AvgIpc) is 2.25. The summed E-state index contributed by atoms with van der Waals surface area (Å²) in [6, 6.07) is 6.54. The number of rotatable bonds is 3. The van der Waals surface area contributed by atoms with E-state index in [4.69, 9.17) is 46.4 Å². The molecular weight excluding hydrogens is 342 g/mol. The predicted octanol–water partition coefficient (Wildman–Crippen LogP) is 4.15. The van der Waals surface area contributed by atoms with Gasteiger partial charge >= 0.3 is 0 Å². The van der Waals surface area contributed by atoms with E-state index < -0.39 is 9.96 Å². The lowest BCUT2D eigenvalue weighted by molar-refractivity contribution is 0.0922. The van der Waals surface area contributed by atoms with E-state index in [0.717, 1.165) is 0 Å². The molecule has 0 fully saturated rings. The molecule has 3 nitrogen and oxygen atoms in total. The first-order valence-corrected chi connectivity index (χ1v) is 7.41. The minimum Gasteiger partial charge on any atom is -0.333 e. The van der Waals surface area contributed by atoms with Gasteiger partial charge in [-0.1, -0.05) is 52.5 Å². The molecule has 0 aliphatic rings. The van der Waals surface area contributed by atoms with Crippen molar-refractivity contribution in [3.63, 3.8) is 0 Å². The molecule has 0 aliphatic heterocycles. The van der Waals surface area contributed by atoms with Crippen LogP contribution in [0.4, 0.5) is 0 Å². The van der Waals surface area contributed by atoms with E-state index in [0.29, 0.717) is 10.6 Å². The number of halogens is 4. The van der Waals surface area contributed by atoms with Gasteiger partial charge < -0.3 is 5.32 Å². The second-order valence-corrected chi connectivity index (χ2v) is 8.16. The number of amides is 1. The number of nitrogens with one attached hydrogen (secondary N) is 2. The molecule has 0 saturated heterocycles. The molecule has 7 heteroatoms. The highest BCUT2D eigenvalue weighted by Gasteiger charge is 2.36. The van der Waals surface area contributed by atoms with Crippen LogP contribution in [-0.2, 0) is 0 Å². The molecule has 20 heavy (non-hydrogen) atoms. The Morgan fingerprint density at radius 1 is 1.20 bits per heavy atom. The summed E-state index contributed by atoms with van der Waals surface area (Å²) in [4.78, 5) is 12.2. The maximum atomic E-state index is 12.2. The van der Waals surface area contributed by atoms with Crippen LogP contribution in [0.1, 0.15) is 31.1 Å². The first-order chi connectivity index (χ1) is 8.99. The van der Waals surface area contributed by atoms with Gasteiger partial charge in [0.05, 0.1) is 0 Å². The number of hydrogen-bond donors (Lipinski definition) is 2. The maximum Gasteiger partial charge on any atom is 0.252 e. The van der Waals surface area contributed by atoms with Crippen LogP contribution in [0.25, 0.3) is 0 Å². The van der Waals surface area contributed by atoms with Gasteiger partial charge in [-0.25, -0.2) is 0 Å². The van der Waals surface area contributed by atoms with Crippen LogP contribution in [0, 0.1) is 0 Å². The van der Waals surface area contributed by atoms with Gasteiger partial charge in [0.15, 0.2) is 0 Å². The third kappa shape index (κ3) is 6.06. The minimum atomic E-state index is -1.68. The SMILES string of the molecule is CC(C)(C)NC(NC(=O)c1cccc(Cl)c1)C(Cl)(Cl)Cl. The van der Waals surface area contributed by atoms with Crippen LogP contribution in [0.15, 0.2) is 24.3 Å². The van der Waals surface area contributed by atoms with Crippen LogP contribution in [0.3, 0.4) is 0 Å². The van der Waals surface area contributed by atoms with Crippen molar-refractivity contribution in [2.45, 2.75) is 36.3 Å². The highest BCUT2D eigenvalue weighted by atomic mass is 35.6. The molecule has 0 aromatic heterocycles. The summed E-state index contributed by atoms with van der Waals surface area (Å²) < 4.78 is -1.68. The van der Waals surface area contributed by atoms with Crippen molar-refractivity contribution in [3.8, 4) is 0 Å². The minimum absolute atomic E-state index is 0.337. The molecule has 0 heterocycles. The molecule has 1 aromatic rings. The van der Waals surface area contributed by atoms with E-state index in [-0.39, 0.29) is 11.4 Å². The summed E-state index contributed by atoms with van der Waals surface area (Å²) in [5.74, 6) is -0.374. The van der Waals surface area contributed by atoms with Crippen molar-refractivity contribution >= 4 is 52.3 Å². The van der Waals surface area contributed by atoms with Crippen molar-refractivity contribution in [2.75, 3.05) is 0 Å². The molecule has 112 valence electrons. The highest BCUT2D eigenvalue weighted by Crippen LogP contribution is 2.30. The van der Waals surface area contributed by atoms with Gasteiger partial charge in [0.25, 0.3) is 5.91 Å². The first-order valence-electron chi connectivity index (χ1n) is 5.90. The Morgan fingerprint density at radius 2 is 1.80 bits per heavy atom. The zero-order chi connectivity index (χ0) is 15.6. The van der Waals surface area contributed by atoms with Gasteiger partial charge in [0.2, 0.25) is 3.79 Å². The molecule has 0 spiro atoms. The van der Waals surface area contributed by atoms with Gasteiger partial charge in [0.1, 0.15) is 6.17 Å². The van der Waals surface area contributed by atoms with Crippen molar-refractivity contribution in [1.82, 2.24) is 10.6 Å². The molecule has 0 aliphatic carbocycles. The Hall–Kier alpha value is -0.190. The molecule has 1 atom stereocenters. The Balaban J connectivity index is 2.88. The van der Waals surface area contributed by atoms with E-state index in [9.17, 15) is 4.79 Å². The fourth-order valence-electron chi connectivity index (χ4n) is 1.48. The van der Waals surface area contributed by atoms with E-state index in [1.54, 1.807) is 24.3 Å². The number of hydrogen-bond acceptors (Lipinski definition) is 2. The first kappa shape index (κ1) is 17.9. The standard InChI is InChI=1S/C13H16Cl4N2O/c1-12(2,3)19-11(13(15,16)17)18-10(20)8-5-4-6-9(14)7-8/h4-7,11,19H,1-3H3,(H,18,20). The summed E-state index contributed by atoms with van der Waals surface area (Å²) in [6.45, 7) is 5.71. The molecule has 0 radical (unpaired) electrons. The molecule has 0 bridgehead atoms. The molecule has 1 rings (SSSR count). The highest BCUT2D eigenvalue weighted by molar-refractivity contribution is 6.68. The fraction of sp³-hybridized carbons (Fsp3) is 0.462. The summed E-state index contributed by atoms with van der Waals surface area (Å²) in [5.41, 5.74) is 0.0587. The van der Waals surface area contributed by atoms with Gasteiger partial charge in [0, 0.05) is 16.1 Å². The van der Waals surface area contributed by atoms with E-state index in [2.05, 4.69) is 10.6 Å². The van der Waals surface area contributed by atoms with Crippen molar-refractivity contribution in [1.29, 1.82) is 0 Å². The normalized spacial score (nSPS) is 13.9. The van der Waals surface area contributed by atoms with Crippen molar-refractivity contribution in [2.24, 2.45) is 0 Å². The zero-order valence-electron chi connectivity index (χ0n) is 11.3. The van der Waals surface area contributed by atoms with Gasteiger partial charge in [-0.3, -0.25) is 10.1 Å². The predicted molar refractivity (Wildman–Crippen MR) is 85.9 cm³/mol. The molecule has 0 saturated carbocycles. The molecule has 1 amide bonds. The lowest BCUT2D eigenvalue weighted by Gasteiger charge is -2.33. The molecular formula is C13H16Cl4N2O. The summed E-state index contributed by atoms with van der Waals surface area (Å²) in [6.07, 6.45) is -0.834.